The van der Waals surface area contributed by atoms with Crippen LogP contribution in [0, 0.1) is 6.92 Å². The van der Waals surface area contributed by atoms with Crippen LogP contribution in [0.3, 0.4) is 0 Å². The standard InChI is InChI=1S/C26H24N6OS/c1-17(2)21-8-4-5-9-22(21)32-25(19-7-6-11-27-15-19)29-30-26(32)34-16-20-14-24(33)31-12-10-18(3)13-23(31)28-20/h4-15,17H,16H2,1-3H3. The van der Waals surface area contributed by atoms with Crippen molar-refractivity contribution < 1.29 is 0 Å². The molecule has 0 saturated carbocycles. The first kappa shape index (κ1) is 22.0. The number of pyridine rings is 2. The third kappa shape index (κ3) is 4.24. The number of benzene rings is 1. The Labute approximate surface area is 201 Å². The van der Waals surface area contributed by atoms with Crippen molar-refractivity contribution >= 4 is 17.4 Å². The van der Waals surface area contributed by atoms with Crippen molar-refractivity contribution in [1.29, 1.82) is 0 Å². The molecule has 7 nitrogen and oxygen atoms in total. The minimum Gasteiger partial charge on any atom is -0.270 e. The molecule has 4 aromatic heterocycles. The Balaban J connectivity index is 1.57. The Kier molecular flexibility index (Phi) is 5.98. The van der Waals surface area contributed by atoms with Crippen LogP contribution in [0.5, 0.6) is 0 Å². The molecule has 0 N–H and O–H groups in total. The van der Waals surface area contributed by atoms with Crippen molar-refractivity contribution in [3.8, 4) is 17.1 Å². The molecule has 0 amide bonds. The Morgan fingerprint density at radius 2 is 1.88 bits per heavy atom. The SMILES string of the molecule is Cc1ccn2c(=O)cc(CSc3nnc(-c4cccnc4)n3-c3ccccc3C(C)C)nc2c1. The molecule has 170 valence electrons. The summed E-state index contributed by atoms with van der Waals surface area (Å²) < 4.78 is 3.64. The average molecular weight is 469 g/mol. The fraction of sp³-hybridized carbons (Fsp3) is 0.192. The molecular weight excluding hydrogens is 444 g/mol. The summed E-state index contributed by atoms with van der Waals surface area (Å²) in [6.45, 7) is 6.34. The Hall–Kier alpha value is -3.78. The number of fused-ring (bicyclic) bond motifs is 1. The zero-order valence-corrected chi connectivity index (χ0v) is 20.0. The maximum Gasteiger partial charge on any atom is 0.258 e. The molecule has 0 saturated heterocycles. The highest BCUT2D eigenvalue weighted by atomic mass is 32.2. The lowest BCUT2D eigenvalue weighted by Crippen LogP contribution is -2.15. The fourth-order valence-electron chi connectivity index (χ4n) is 3.91. The largest absolute Gasteiger partial charge is 0.270 e. The molecule has 5 aromatic rings. The molecule has 0 spiro atoms. The van der Waals surface area contributed by atoms with E-state index in [2.05, 4.69) is 45.7 Å². The molecule has 1 aromatic carbocycles. The highest BCUT2D eigenvalue weighted by molar-refractivity contribution is 7.98. The molecule has 0 aliphatic heterocycles. The van der Waals surface area contributed by atoms with E-state index in [1.165, 1.54) is 17.3 Å². The number of nitrogens with zero attached hydrogens (tertiary/aromatic N) is 6. The molecule has 8 heteroatoms. The second-order valence-electron chi connectivity index (χ2n) is 8.40. The van der Waals surface area contributed by atoms with Gasteiger partial charge >= 0.3 is 0 Å². The number of hydrogen-bond acceptors (Lipinski definition) is 6. The van der Waals surface area contributed by atoms with Gasteiger partial charge in [0.1, 0.15) is 5.65 Å². The number of thioether (sulfide) groups is 1. The van der Waals surface area contributed by atoms with Gasteiger partial charge in [0.05, 0.1) is 11.4 Å². The Bertz CT molecular complexity index is 1520. The smallest absolute Gasteiger partial charge is 0.258 e. The maximum atomic E-state index is 12.6. The molecule has 5 rings (SSSR count). The first-order valence-electron chi connectivity index (χ1n) is 11.1. The lowest BCUT2D eigenvalue weighted by molar-refractivity contribution is 0.818. The number of hydrogen-bond donors (Lipinski definition) is 0. The third-order valence-electron chi connectivity index (χ3n) is 5.58. The van der Waals surface area contributed by atoms with Crippen LogP contribution in [0.25, 0.3) is 22.7 Å². The van der Waals surface area contributed by atoms with Gasteiger partial charge in [-0.2, -0.15) is 0 Å². The molecule has 34 heavy (non-hydrogen) atoms. The minimum absolute atomic E-state index is 0.0942. The number of para-hydroxylation sites is 1. The first-order valence-corrected chi connectivity index (χ1v) is 12.1. The lowest BCUT2D eigenvalue weighted by atomic mass is 10.0. The van der Waals surface area contributed by atoms with Gasteiger partial charge in [-0.05, 0) is 54.3 Å². The van der Waals surface area contributed by atoms with Gasteiger partial charge in [0.2, 0.25) is 0 Å². The minimum atomic E-state index is -0.0942. The molecule has 0 aliphatic carbocycles. The summed E-state index contributed by atoms with van der Waals surface area (Å²) in [5.41, 5.74) is 5.43. The van der Waals surface area contributed by atoms with Gasteiger partial charge in [0.25, 0.3) is 5.56 Å². The van der Waals surface area contributed by atoms with E-state index in [0.29, 0.717) is 23.0 Å². The summed E-state index contributed by atoms with van der Waals surface area (Å²) in [5, 5.41) is 9.78. The second-order valence-corrected chi connectivity index (χ2v) is 9.35. The molecule has 0 unspecified atom stereocenters. The number of aryl methyl sites for hydroxylation is 1. The van der Waals surface area contributed by atoms with Crippen molar-refractivity contribution in [2.45, 2.75) is 37.6 Å². The van der Waals surface area contributed by atoms with Gasteiger partial charge in [0, 0.05) is 36.0 Å². The van der Waals surface area contributed by atoms with Crippen molar-refractivity contribution in [3.63, 3.8) is 0 Å². The van der Waals surface area contributed by atoms with Gasteiger partial charge in [0.15, 0.2) is 11.0 Å². The summed E-state index contributed by atoms with van der Waals surface area (Å²) in [5.74, 6) is 1.55. The van der Waals surface area contributed by atoms with Gasteiger partial charge in [-0.1, -0.05) is 43.8 Å². The van der Waals surface area contributed by atoms with E-state index in [-0.39, 0.29) is 5.56 Å². The normalized spacial score (nSPS) is 11.4. The highest BCUT2D eigenvalue weighted by Crippen LogP contribution is 2.32. The molecule has 0 bridgehead atoms. The van der Waals surface area contributed by atoms with Crippen molar-refractivity contribution in [1.82, 2.24) is 29.1 Å². The zero-order valence-electron chi connectivity index (χ0n) is 19.2. The number of rotatable bonds is 6. The third-order valence-corrected chi connectivity index (χ3v) is 6.54. The van der Waals surface area contributed by atoms with Gasteiger partial charge in [-0.15, -0.1) is 10.2 Å². The first-order chi connectivity index (χ1) is 16.5. The highest BCUT2D eigenvalue weighted by Gasteiger charge is 2.20. The van der Waals surface area contributed by atoms with E-state index in [4.69, 9.17) is 4.98 Å². The Morgan fingerprint density at radius 1 is 1.03 bits per heavy atom. The molecule has 4 heterocycles. The Morgan fingerprint density at radius 3 is 2.68 bits per heavy atom. The van der Waals surface area contributed by atoms with E-state index in [1.807, 2.05) is 43.3 Å². The molecule has 0 fully saturated rings. The molecule has 0 atom stereocenters. The van der Waals surface area contributed by atoms with E-state index >= 15 is 0 Å². The van der Waals surface area contributed by atoms with Gasteiger partial charge < -0.3 is 0 Å². The van der Waals surface area contributed by atoms with E-state index in [9.17, 15) is 4.79 Å². The van der Waals surface area contributed by atoms with Crippen LogP contribution in [0.2, 0.25) is 0 Å². The van der Waals surface area contributed by atoms with E-state index in [1.54, 1.807) is 29.1 Å². The summed E-state index contributed by atoms with van der Waals surface area (Å²) >= 11 is 1.51. The molecule has 0 aliphatic rings. The van der Waals surface area contributed by atoms with Crippen LogP contribution in [0.4, 0.5) is 0 Å². The predicted octanol–water partition coefficient (Wildman–Crippen LogP) is 5.06. The fourth-order valence-corrected chi connectivity index (χ4v) is 4.75. The van der Waals surface area contributed by atoms with Crippen LogP contribution in [0.1, 0.15) is 36.6 Å². The van der Waals surface area contributed by atoms with Crippen LogP contribution in [-0.2, 0) is 5.75 Å². The van der Waals surface area contributed by atoms with Crippen LogP contribution in [-0.4, -0.2) is 29.1 Å². The van der Waals surface area contributed by atoms with E-state index in [0.717, 1.165) is 27.8 Å². The summed E-state index contributed by atoms with van der Waals surface area (Å²) in [7, 11) is 0. The summed E-state index contributed by atoms with van der Waals surface area (Å²) in [4.78, 5) is 21.6. The van der Waals surface area contributed by atoms with Gasteiger partial charge in [-0.25, -0.2) is 4.98 Å². The number of aromatic nitrogens is 6. The van der Waals surface area contributed by atoms with Crippen molar-refractivity contribution in [2.75, 3.05) is 0 Å². The summed E-state index contributed by atoms with van der Waals surface area (Å²) in [6, 6.07) is 17.6. The average Bonchev–Trinajstić information content (AvgIpc) is 3.27. The summed E-state index contributed by atoms with van der Waals surface area (Å²) in [6.07, 6.45) is 5.30. The van der Waals surface area contributed by atoms with Crippen molar-refractivity contribution in [3.05, 3.63) is 100 Å². The van der Waals surface area contributed by atoms with Crippen LogP contribution >= 0.6 is 11.8 Å². The van der Waals surface area contributed by atoms with Crippen LogP contribution in [0.15, 0.2) is 83.1 Å². The monoisotopic (exact) mass is 468 g/mol. The van der Waals surface area contributed by atoms with E-state index < -0.39 is 0 Å². The second kappa shape index (κ2) is 9.23. The maximum absolute atomic E-state index is 12.6. The van der Waals surface area contributed by atoms with Crippen molar-refractivity contribution in [2.24, 2.45) is 0 Å². The van der Waals surface area contributed by atoms with Gasteiger partial charge in [-0.3, -0.25) is 18.7 Å². The molecular formula is C26H24N6OS. The zero-order chi connectivity index (χ0) is 23.7. The molecule has 0 radical (unpaired) electrons. The lowest BCUT2D eigenvalue weighted by Gasteiger charge is -2.16. The predicted molar refractivity (Wildman–Crippen MR) is 134 cm³/mol. The van der Waals surface area contributed by atoms with Crippen LogP contribution < -0.4 is 5.56 Å². The quantitative estimate of drug-likeness (QED) is 0.324. The topological polar surface area (TPSA) is 78.0 Å².